The topological polar surface area (TPSA) is 65.5 Å². The normalized spacial score (nSPS) is 16.8. The second kappa shape index (κ2) is 9.71. The van der Waals surface area contributed by atoms with Gasteiger partial charge < -0.3 is 9.80 Å². The summed E-state index contributed by atoms with van der Waals surface area (Å²) in [6.07, 6.45) is 4.05. The van der Waals surface area contributed by atoms with E-state index in [-0.39, 0.29) is 5.91 Å². The van der Waals surface area contributed by atoms with Gasteiger partial charge in [-0.2, -0.15) is 0 Å². The number of piperazine rings is 1. The molecule has 0 aliphatic carbocycles. The Kier molecular flexibility index (Phi) is 6.14. The van der Waals surface area contributed by atoms with Gasteiger partial charge in [0.05, 0.1) is 11.9 Å². The van der Waals surface area contributed by atoms with Crippen LogP contribution >= 0.6 is 11.3 Å². The summed E-state index contributed by atoms with van der Waals surface area (Å²) in [4.78, 5) is 35.8. The number of hydrogen-bond donors (Lipinski definition) is 0. The van der Waals surface area contributed by atoms with Gasteiger partial charge in [-0.05, 0) is 36.6 Å². The lowest BCUT2D eigenvalue weighted by atomic mass is 10.2. The minimum Gasteiger partial charge on any atom is -0.353 e. The van der Waals surface area contributed by atoms with Gasteiger partial charge in [0.15, 0.2) is 5.82 Å². The van der Waals surface area contributed by atoms with Crippen LogP contribution in [0.4, 0.5) is 5.82 Å². The van der Waals surface area contributed by atoms with Gasteiger partial charge in [-0.25, -0.2) is 9.97 Å². The molecule has 0 bridgehead atoms. The SMILES string of the molecule is O=C(CN1CCN(c2nc(-c3ccccn3)nc3sc(-c4ccccc4)cc23)CC1)N1CCCC1. The molecule has 2 fully saturated rings. The zero-order valence-electron chi connectivity index (χ0n) is 19.6. The van der Waals surface area contributed by atoms with Crippen LogP contribution in [-0.4, -0.2) is 76.5 Å². The fourth-order valence-electron chi connectivity index (χ4n) is 4.88. The number of benzene rings is 1. The summed E-state index contributed by atoms with van der Waals surface area (Å²) in [7, 11) is 0. The minimum atomic E-state index is 0.267. The molecule has 0 radical (unpaired) electrons. The van der Waals surface area contributed by atoms with Crippen LogP contribution in [0, 0.1) is 0 Å². The van der Waals surface area contributed by atoms with Crippen molar-refractivity contribution in [3.05, 3.63) is 60.8 Å². The van der Waals surface area contributed by atoms with Crippen molar-refractivity contribution in [2.45, 2.75) is 12.8 Å². The minimum absolute atomic E-state index is 0.267. The third kappa shape index (κ3) is 4.63. The highest BCUT2D eigenvalue weighted by molar-refractivity contribution is 7.22. The highest BCUT2D eigenvalue weighted by Gasteiger charge is 2.26. The van der Waals surface area contributed by atoms with Crippen molar-refractivity contribution in [3.63, 3.8) is 0 Å². The first-order chi connectivity index (χ1) is 17.2. The molecule has 0 spiro atoms. The third-order valence-electron chi connectivity index (χ3n) is 6.81. The van der Waals surface area contributed by atoms with Gasteiger partial charge in [0.25, 0.3) is 0 Å². The molecule has 2 aliphatic heterocycles. The molecule has 5 heterocycles. The van der Waals surface area contributed by atoms with Crippen LogP contribution in [0.1, 0.15) is 12.8 Å². The Morgan fingerprint density at radius 1 is 0.886 bits per heavy atom. The van der Waals surface area contributed by atoms with E-state index in [1.54, 1.807) is 17.5 Å². The molecule has 2 saturated heterocycles. The van der Waals surface area contributed by atoms with Crippen molar-refractivity contribution in [3.8, 4) is 22.0 Å². The fourth-order valence-corrected chi connectivity index (χ4v) is 5.91. The Balaban J connectivity index is 1.29. The molecule has 7 nitrogen and oxygen atoms in total. The molecule has 2 aliphatic rings. The lowest BCUT2D eigenvalue weighted by molar-refractivity contribution is -0.131. The number of fused-ring (bicyclic) bond motifs is 1. The smallest absolute Gasteiger partial charge is 0.236 e. The molecule has 0 N–H and O–H groups in total. The summed E-state index contributed by atoms with van der Waals surface area (Å²) in [6.45, 7) is 5.70. The maximum absolute atomic E-state index is 12.6. The lowest BCUT2D eigenvalue weighted by Gasteiger charge is -2.36. The van der Waals surface area contributed by atoms with E-state index in [4.69, 9.17) is 9.97 Å². The molecule has 1 amide bonds. The largest absolute Gasteiger partial charge is 0.353 e. The van der Waals surface area contributed by atoms with E-state index < -0.39 is 0 Å². The predicted octanol–water partition coefficient (Wildman–Crippen LogP) is 4.16. The van der Waals surface area contributed by atoms with Gasteiger partial charge in [0, 0.05) is 50.3 Å². The summed E-state index contributed by atoms with van der Waals surface area (Å²) >= 11 is 1.69. The summed E-state index contributed by atoms with van der Waals surface area (Å²) in [6, 6.07) is 18.5. The van der Waals surface area contributed by atoms with E-state index in [2.05, 4.69) is 45.1 Å². The standard InChI is InChI=1S/C27H28N6OS/c34-24(32-12-6-7-13-32)19-31-14-16-33(17-15-31)26-21-18-23(20-8-2-1-3-9-20)35-27(21)30-25(29-26)22-10-4-5-11-28-22/h1-5,8-11,18H,6-7,12-17,19H2. The number of thiophene rings is 1. The Morgan fingerprint density at radius 3 is 2.40 bits per heavy atom. The monoisotopic (exact) mass is 484 g/mol. The van der Waals surface area contributed by atoms with Crippen molar-refractivity contribution in [1.82, 2.24) is 24.8 Å². The van der Waals surface area contributed by atoms with E-state index in [0.29, 0.717) is 12.4 Å². The molecule has 0 unspecified atom stereocenters. The van der Waals surface area contributed by atoms with E-state index in [9.17, 15) is 4.79 Å². The summed E-state index contributed by atoms with van der Waals surface area (Å²) in [5.74, 6) is 1.88. The van der Waals surface area contributed by atoms with Crippen molar-refractivity contribution < 1.29 is 4.79 Å². The molecule has 178 valence electrons. The first-order valence-corrected chi connectivity index (χ1v) is 13.1. The predicted molar refractivity (Wildman–Crippen MR) is 141 cm³/mol. The first-order valence-electron chi connectivity index (χ1n) is 12.3. The summed E-state index contributed by atoms with van der Waals surface area (Å²) in [5.41, 5.74) is 1.96. The Bertz CT molecular complexity index is 1310. The summed E-state index contributed by atoms with van der Waals surface area (Å²) in [5, 5.41) is 1.08. The second-order valence-electron chi connectivity index (χ2n) is 9.13. The number of likely N-dealkylation sites (tertiary alicyclic amines) is 1. The molecule has 4 aromatic rings. The maximum Gasteiger partial charge on any atom is 0.236 e. The van der Waals surface area contributed by atoms with Crippen LogP contribution in [0.5, 0.6) is 0 Å². The molecular formula is C27H28N6OS. The molecule has 8 heteroatoms. The second-order valence-corrected chi connectivity index (χ2v) is 10.2. The van der Waals surface area contributed by atoms with E-state index in [1.807, 2.05) is 29.2 Å². The zero-order chi connectivity index (χ0) is 23.6. The summed E-state index contributed by atoms with van der Waals surface area (Å²) < 4.78 is 0. The maximum atomic E-state index is 12.6. The number of anilines is 1. The highest BCUT2D eigenvalue weighted by atomic mass is 32.1. The van der Waals surface area contributed by atoms with E-state index >= 15 is 0 Å². The van der Waals surface area contributed by atoms with Crippen molar-refractivity contribution in [1.29, 1.82) is 0 Å². The number of nitrogens with zero attached hydrogens (tertiary/aromatic N) is 6. The average molecular weight is 485 g/mol. The number of rotatable bonds is 5. The van der Waals surface area contributed by atoms with Crippen LogP contribution < -0.4 is 4.90 Å². The van der Waals surface area contributed by atoms with Gasteiger partial charge in [-0.15, -0.1) is 11.3 Å². The molecule has 6 rings (SSSR count). The van der Waals surface area contributed by atoms with Gasteiger partial charge in [-0.1, -0.05) is 36.4 Å². The number of carbonyl (C=O) groups is 1. The highest BCUT2D eigenvalue weighted by Crippen LogP contribution is 2.38. The Labute approximate surface area is 209 Å². The number of amides is 1. The van der Waals surface area contributed by atoms with E-state index in [1.165, 1.54) is 10.4 Å². The van der Waals surface area contributed by atoms with Gasteiger partial charge in [-0.3, -0.25) is 14.7 Å². The zero-order valence-corrected chi connectivity index (χ0v) is 20.5. The molecular weight excluding hydrogens is 456 g/mol. The van der Waals surface area contributed by atoms with Crippen LogP contribution in [0.3, 0.4) is 0 Å². The number of aromatic nitrogens is 3. The van der Waals surface area contributed by atoms with Crippen molar-refractivity contribution in [2.75, 3.05) is 50.7 Å². The van der Waals surface area contributed by atoms with Crippen LogP contribution in [0.2, 0.25) is 0 Å². The Morgan fingerprint density at radius 2 is 1.66 bits per heavy atom. The fraction of sp³-hybridized carbons (Fsp3) is 0.333. The molecule has 0 atom stereocenters. The number of hydrogen-bond acceptors (Lipinski definition) is 7. The number of pyridine rings is 1. The average Bonchev–Trinajstić information content (AvgIpc) is 3.60. The van der Waals surface area contributed by atoms with Gasteiger partial charge >= 0.3 is 0 Å². The van der Waals surface area contributed by atoms with Gasteiger partial charge in [0.2, 0.25) is 5.91 Å². The first kappa shape index (κ1) is 22.1. The molecule has 3 aromatic heterocycles. The van der Waals surface area contributed by atoms with Crippen molar-refractivity contribution >= 4 is 33.3 Å². The molecule has 0 saturated carbocycles. The third-order valence-corrected chi connectivity index (χ3v) is 7.89. The van der Waals surface area contributed by atoms with E-state index in [0.717, 1.165) is 73.8 Å². The molecule has 35 heavy (non-hydrogen) atoms. The molecule has 1 aromatic carbocycles. The van der Waals surface area contributed by atoms with Crippen LogP contribution in [-0.2, 0) is 4.79 Å². The van der Waals surface area contributed by atoms with Gasteiger partial charge in [0.1, 0.15) is 16.3 Å². The van der Waals surface area contributed by atoms with Crippen LogP contribution in [0.15, 0.2) is 60.8 Å². The number of carbonyl (C=O) groups excluding carboxylic acids is 1. The Hall–Kier alpha value is -3.36. The quantitative estimate of drug-likeness (QED) is 0.424. The lowest BCUT2D eigenvalue weighted by Crippen LogP contribution is -2.50. The van der Waals surface area contributed by atoms with Crippen LogP contribution in [0.25, 0.3) is 32.2 Å². The van der Waals surface area contributed by atoms with Crippen molar-refractivity contribution in [2.24, 2.45) is 0 Å².